The summed E-state index contributed by atoms with van der Waals surface area (Å²) in [4.78, 5) is 5.68. The Labute approximate surface area is 185 Å². The molecule has 0 aliphatic heterocycles. The van der Waals surface area contributed by atoms with E-state index >= 15 is 0 Å². The summed E-state index contributed by atoms with van der Waals surface area (Å²) < 4.78 is 6.00. The van der Waals surface area contributed by atoms with E-state index in [1.54, 1.807) is 11.3 Å². The highest BCUT2D eigenvalue weighted by atomic mass is 32.1. The summed E-state index contributed by atoms with van der Waals surface area (Å²) in [5.41, 5.74) is 8.43. The molecule has 0 fully saturated rings. The van der Waals surface area contributed by atoms with E-state index in [0.717, 1.165) is 28.1 Å². The maximum absolute atomic E-state index is 6.00. The summed E-state index contributed by atoms with van der Waals surface area (Å²) in [6.07, 6.45) is 3.34. The summed E-state index contributed by atoms with van der Waals surface area (Å²) in [6, 6.07) is 18.6. The first-order valence-electron chi connectivity index (χ1n) is 10.0. The van der Waals surface area contributed by atoms with E-state index in [-0.39, 0.29) is 0 Å². The molecule has 158 valence electrons. The van der Waals surface area contributed by atoms with Crippen LogP contribution in [-0.2, 0) is 13.0 Å². The van der Waals surface area contributed by atoms with Crippen molar-refractivity contribution in [2.24, 2.45) is 16.8 Å². The fourth-order valence-electron chi connectivity index (χ4n) is 3.48. The number of ether oxygens (including phenoxy) is 1. The number of nitrogens with two attached hydrogens (primary N) is 2. The van der Waals surface area contributed by atoms with Gasteiger partial charge in [-0.3, -0.25) is 0 Å². The molecule has 4 aromatic rings. The number of nitrogens with one attached hydrogen (secondary N) is 1. The van der Waals surface area contributed by atoms with Gasteiger partial charge in [0.25, 0.3) is 0 Å². The standard InChI is InChI=1S/C24H25N5OS/c1-16-4-2-3-5-20(16)22-15-31-24-21(22)12-18(13-27-24)14-30-19-9-6-17(7-10-19)8-11-23(28-25)29-26/h2-7,9-10,12-13,15H,8,11,14,25-26H2,1H3,(H,28,29). The van der Waals surface area contributed by atoms with Crippen LogP contribution in [-0.4, -0.2) is 10.8 Å². The highest BCUT2D eigenvalue weighted by molar-refractivity contribution is 7.17. The Kier molecular flexibility index (Phi) is 6.45. The molecule has 0 amide bonds. The molecule has 0 saturated heterocycles. The Morgan fingerprint density at radius 3 is 2.65 bits per heavy atom. The second-order valence-corrected chi connectivity index (χ2v) is 8.17. The lowest BCUT2D eigenvalue weighted by atomic mass is 10.0. The maximum atomic E-state index is 6.00. The van der Waals surface area contributed by atoms with Crippen molar-refractivity contribution in [1.82, 2.24) is 10.4 Å². The zero-order chi connectivity index (χ0) is 21.6. The number of fused-ring (bicyclic) bond motifs is 1. The van der Waals surface area contributed by atoms with E-state index in [2.05, 4.69) is 58.1 Å². The van der Waals surface area contributed by atoms with Crippen LogP contribution in [0.5, 0.6) is 5.75 Å². The van der Waals surface area contributed by atoms with Crippen molar-refractivity contribution in [3.63, 3.8) is 0 Å². The third-order valence-electron chi connectivity index (χ3n) is 5.22. The average molecular weight is 432 g/mol. The van der Waals surface area contributed by atoms with Gasteiger partial charge in [-0.2, -0.15) is 5.10 Å². The number of hydrogen-bond donors (Lipinski definition) is 3. The molecule has 0 aliphatic rings. The molecule has 6 nitrogen and oxygen atoms in total. The van der Waals surface area contributed by atoms with Crippen LogP contribution in [0.1, 0.15) is 23.1 Å². The van der Waals surface area contributed by atoms with Gasteiger partial charge in [-0.25, -0.2) is 10.8 Å². The molecule has 0 unspecified atom stereocenters. The van der Waals surface area contributed by atoms with E-state index in [1.807, 2.05) is 30.5 Å². The number of rotatable bonds is 7. The molecule has 0 radical (unpaired) electrons. The van der Waals surface area contributed by atoms with Gasteiger partial charge in [0.2, 0.25) is 0 Å². The first kappa shape index (κ1) is 20.8. The number of benzene rings is 2. The fraction of sp³-hybridized carbons (Fsp3) is 0.167. The van der Waals surface area contributed by atoms with Crippen molar-refractivity contribution in [2.75, 3.05) is 0 Å². The van der Waals surface area contributed by atoms with Crippen molar-refractivity contribution in [3.8, 4) is 16.9 Å². The first-order valence-corrected chi connectivity index (χ1v) is 10.9. The number of hydrazone groups is 1. The van der Waals surface area contributed by atoms with Crippen molar-refractivity contribution in [3.05, 3.63) is 82.9 Å². The molecule has 0 aliphatic carbocycles. The second kappa shape index (κ2) is 9.59. The van der Waals surface area contributed by atoms with Gasteiger partial charge in [-0.1, -0.05) is 36.4 Å². The Hall–Kier alpha value is -3.42. The molecule has 2 aromatic heterocycles. The summed E-state index contributed by atoms with van der Waals surface area (Å²) in [6.45, 7) is 2.60. The molecule has 2 aromatic carbocycles. The Balaban J connectivity index is 1.45. The number of aryl methyl sites for hydroxylation is 2. The highest BCUT2D eigenvalue weighted by Crippen LogP contribution is 2.35. The molecular formula is C24H25N5OS. The molecule has 0 atom stereocenters. The minimum atomic E-state index is 0.465. The number of aromatic nitrogens is 1. The molecule has 4 rings (SSSR count). The van der Waals surface area contributed by atoms with Crippen LogP contribution in [0.3, 0.4) is 0 Å². The van der Waals surface area contributed by atoms with Gasteiger partial charge < -0.3 is 16.0 Å². The highest BCUT2D eigenvalue weighted by Gasteiger charge is 2.10. The normalized spacial score (nSPS) is 11.6. The SMILES string of the molecule is Cc1ccccc1-c1csc2ncc(COc3ccc(CCC(=NN)NN)cc3)cc12. The van der Waals surface area contributed by atoms with Crippen LogP contribution in [0.2, 0.25) is 0 Å². The van der Waals surface area contributed by atoms with Crippen molar-refractivity contribution in [1.29, 1.82) is 0 Å². The Bertz CT molecular complexity index is 1200. The fourth-order valence-corrected chi connectivity index (χ4v) is 4.37. The number of pyridine rings is 1. The van der Waals surface area contributed by atoms with Crippen LogP contribution >= 0.6 is 11.3 Å². The number of thiophene rings is 1. The molecule has 0 spiro atoms. The molecule has 31 heavy (non-hydrogen) atoms. The van der Waals surface area contributed by atoms with Gasteiger partial charge in [-0.15, -0.1) is 11.3 Å². The second-order valence-electron chi connectivity index (χ2n) is 7.31. The van der Waals surface area contributed by atoms with Crippen LogP contribution in [0, 0.1) is 6.92 Å². The lowest BCUT2D eigenvalue weighted by Gasteiger charge is -2.09. The largest absolute Gasteiger partial charge is 0.489 e. The third kappa shape index (κ3) is 4.84. The topological polar surface area (TPSA) is 98.5 Å². The lowest BCUT2D eigenvalue weighted by Crippen LogP contribution is -2.31. The van der Waals surface area contributed by atoms with E-state index < -0.39 is 0 Å². The molecule has 5 N–H and O–H groups in total. The molecule has 0 saturated carbocycles. The molecular weight excluding hydrogens is 406 g/mol. The third-order valence-corrected chi connectivity index (χ3v) is 6.13. The van der Waals surface area contributed by atoms with Gasteiger partial charge in [0, 0.05) is 34.5 Å². The van der Waals surface area contributed by atoms with Gasteiger partial charge in [-0.05, 0) is 48.2 Å². The van der Waals surface area contributed by atoms with E-state index in [4.69, 9.17) is 16.4 Å². The zero-order valence-electron chi connectivity index (χ0n) is 17.3. The quantitative estimate of drug-likeness (QED) is 0.173. The molecule has 7 heteroatoms. The van der Waals surface area contributed by atoms with Crippen LogP contribution < -0.4 is 21.8 Å². The van der Waals surface area contributed by atoms with Gasteiger partial charge in [0.05, 0.1) is 0 Å². The summed E-state index contributed by atoms with van der Waals surface area (Å²) in [5, 5.41) is 6.95. The van der Waals surface area contributed by atoms with Crippen LogP contribution in [0.15, 0.2) is 71.3 Å². The van der Waals surface area contributed by atoms with E-state index in [1.165, 1.54) is 22.1 Å². The summed E-state index contributed by atoms with van der Waals surface area (Å²) >= 11 is 1.67. The Morgan fingerprint density at radius 1 is 1.10 bits per heavy atom. The van der Waals surface area contributed by atoms with Gasteiger partial charge >= 0.3 is 0 Å². The van der Waals surface area contributed by atoms with Crippen molar-refractivity contribution in [2.45, 2.75) is 26.4 Å². The monoisotopic (exact) mass is 431 g/mol. The number of hydrogen-bond acceptors (Lipinski definition) is 6. The van der Waals surface area contributed by atoms with Crippen molar-refractivity contribution < 1.29 is 4.74 Å². The number of nitrogens with zero attached hydrogens (tertiary/aromatic N) is 2. The Morgan fingerprint density at radius 2 is 1.90 bits per heavy atom. The number of amidine groups is 1. The maximum Gasteiger partial charge on any atom is 0.136 e. The molecule has 2 heterocycles. The minimum Gasteiger partial charge on any atom is -0.489 e. The van der Waals surface area contributed by atoms with E-state index in [9.17, 15) is 0 Å². The smallest absolute Gasteiger partial charge is 0.136 e. The first-order chi connectivity index (χ1) is 15.2. The van der Waals surface area contributed by atoms with Gasteiger partial charge in [0.15, 0.2) is 0 Å². The van der Waals surface area contributed by atoms with Crippen LogP contribution in [0.4, 0.5) is 0 Å². The molecule has 0 bridgehead atoms. The lowest BCUT2D eigenvalue weighted by molar-refractivity contribution is 0.306. The number of hydrazine groups is 1. The van der Waals surface area contributed by atoms with Gasteiger partial charge in [0.1, 0.15) is 23.0 Å². The van der Waals surface area contributed by atoms with E-state index in [0.29, 0.717) is 18.9 Å². The van der Waals surface area contributed by atoms with Crippen molar-refractivity contribution >= 4 is 27.4 Å². The minimum absolute atomic E-state index is 0.465. The predicted octanol–water partition coefficient (Wildman–Crippen LogP) is 4.52. The summed E-state index contributed by atoms with van der Waals surface area (Å²) in [7, 11) is 0. The summed E-state index contributed by atoms with van der Waals surface area (Å²) in [5.74, 6) is 12.0. The zero-order valence-corrected chi connectivity index (χ0v) is 18.2. The predicted molar refractivity (Wildman–Crippen MR) is 128 cm³/mol. The average Bonchev–Trinajstić information content (AvgIpc) is 3.22. The van der Waals surface area contributed by atoms with Crippen LogP contribution in [0.25, 0.3) is 21.3 Å².